The zero-order valence-electron chi connectivity index (χ0n) is 6.84. The minimum absolute atomic E-state index is 0.0260. The van der Waals surface area contributed by atoms with E-state index in [1.165, 1.54) is 0 Å². The Hall–Kier alpha value is -1.44. The maximum absolute atomic E-state index is 11.0. The molecule has 1 rings (SSSR count). The summed E-state index contributed by atoms with van der Waals surface area (Å²) >= 11 is 0. The van der Waals surface area contributed by atoms with Crippen molar-refractivity contribution in [2.24, 2.45) is 0 Å². The average Bonchev–Trinajstić information content (AvgIpc) is 2.18. The third-order valence-corrected chi connectivity index (χ3v) is 2.66. The number of benzene rings is 1. The molecule has 0 heterocycles. The van der Waals surface area contributed by atoms with E-state index in [4.69, 9.17) is 10.3 Å². The second-order valence-electron chi connectivity index (χ2n) is 2.42. The molecule has 0 fully saturated rings. The second-order valence-corrected chi connectivity index (χ2v) is 4.09. The van der Waals surface area contributed by atoms with Gasteiger partial charge in [-0.05, 0) is 24.3 Å². The van der Waals surface area contributed by atoms with E-state index >= 15 is 0 Å². The molecule has 0 aliphatic heterocycles. The van der Waals surface area contributed by atoms with Gasteiger partial charge in [0.15, 0.2) is 0 Å². The summed E-state index contributed by atoms with van der Waals surface area (Å²) in [5.74, 6) is -1.15. The third-order valence-electron chi connectivity index (χ3n) is 1.53. The zero-order chi connectivity index (χ0) is 10.8. The van der Waals surface area contributed by atoms with Gasteiger partial charge < -0.3 is 10.3 Å². The lowest BCUT2D eigenvalue weighted by atomic mass is 10.2. The van der Waals surface area contributed by atoms with Crippen molar-refractivity contribution in [3.8, 4) is 0 Å². The van der Waals surface area contributed by atoms with Crippen LogP contribution in [0.3, 0.4) is 0 Å². The molecule has 1 aromatic carbocycles. The Bertz CT molecular complexity index is 436. The van der Waals surface area contributed by atoms with Gasteiger partial charge in [-0.2, -0.15) is 0 Å². The summed E-state index contributed by atoms with van der Waals surface area (Å²) in [6, 6.07) is 4.43. The first-order valence-corrected chi connectivity index (χ1v) is 4.95. The highest BCUT2D eigenvalue weighted by Gasteiger charge is 2.12. The predicted molar refractivity (Wildman–Crippen MR) is 45.5 cm³/mol. The molecule has 0 amide bonds. The van der Waals surface area contributed by atoms with E-state index < -0.39 is 16.0 Å². The van der Waals surface area contributed by atoms with Crippen LogP contribution in [0, 0.1) is 0 Å². The van der Waals surface area contributed by atoms with Crippen molar-refractivity contribution >= 4 is 16.0 Å². The van der Waals surface area contributed by atoms with Gasteiger partial charge in [0, 0.05) is 0 Å². The van der Waals surface area contributed by atoms with Crippen molar-refractivity contribution in [1.82, 2.24) is 4.89 Å². The Morgan fingerprint density at radius 1 is 1.21 bits per heavy atom. The summed E-state index contributed by atoms with van der Waals surface area (Å²) in [5.41, 5.74) is -0.0260. The molecule has 76 valence electrons. The number of hydrogen-bond acceptors (Lipinski definition) is 4. The standard InChI is InChI=1S/C7H7NO5S/c9-7(10)5-1-3-6(4-2-5)14(12,13)8-11/h1-4,8,11H,(H,9,10). The van der Waals surface area contributed by atoms with Crippen LogP contribution < -0.4 is 4.89 Å². The van der Waals surface area contributed by atoms with Crippen molar-refractivity contribution in [2.75, 3.05) is 0 Å². The Balaban J connectivity index is 3.12. The van der Waals surface area contributed by atoms with Crippen LogP contribution in [0.25, 0.3) is 0 Å². The first-order valence-electron chi connectivity index (χ1n) is 3.46. The van der Waals surface area contributed by atoms with E-state index in [0.717, 1.165) is 29.2 Å². The van der Waals surface area contributed by atoms with Gasteiger partial charge in [-0.25, -0.2) is 13.2 Å². The van der Waals surface area contributed by atoms with Gasteiger partial charge >= 0.3 is 5.97 Å². The molecule has 14 heavy (non-hydrogen) atoms. The van der Waals surface area contributed by atoms with Crippen LogP contribution in [0.5, 0.6) is 0 Å². The summed E-state index contributed by atoms with van der Waals surface area (Å²) in [5, 5.41) is 16.8. The van der Waals surface area contributed by atoms with Crippen LogP contribution in [-0.2, 0) is 10.0 Å². The fraction of sp³-hybridized carbons (Fsp3) is 0. The molecule has 0 radical (unpaired) electrons. The van der Waals surface area contributed by atoms with Crippen molar-refractivity contribution in [1.29, 1.82) is 0 Å². The van der Waals surface area contributed by atoms with E-state index in [0.29, 0.717) is 0 Å². The molecule has 0 unspecified atom stereocenters. The third kappa shape index (κ3) is 2.08. The molecule has 0 saturated heterocycles. The summed E-state index contributed by atoms with van der Waals surface area (Å²) in [6.45, 7) is 0. The number of hydrogen-bond donors (Lipinski definition) is 3. The quantitative estimate of drug-likeness (QED) is 0.621. The normalized spacial score (nSPS) is 11.2. The summed E-state index contributed by atoms with van der Waals surface area (Å²) in [4.78, 5) is 11.3. The molecule has 6 nitrogen and oxygen atoms in total. The molecule has 0 aliphatic rings. The first-order chi connectivity index (χ1) is 6.47. The number of carbonyl (C=O) groups is 1. The Labute approximate surface area is 79.8 Å². The maximum atomic E-state index is 11.0. The highest BCUT2D eigenvalue weighted by Crippen LogP contribution is 2.09. The van der Waals surface area contributed by atoms with Gasteiger partial charge in [0.1, 0.15) is 0 Å². The van der Waals surface area contributed by atoms with Crippen molar-refractivity contribution in [3.05, 3.63) is 29.8 Å². The largest absolute Gasteiger partial charge is 0.478 e. The van der Waals surface area contributed by atoms with Crippen molar-refractivity contribution < 1.29 is 23.5 Å². The van der Waals surface area contributed by atoms with Crippen LogP contribution in [0.2, 0.25) is 0 Å². The summed E-state index contributed by atoms with van der Waals surface area (Å²) < 4.78 is 21.9. The van der Waals surface area contributed by atoms with Crippen LogP contribution in [0.4, 0.5) is 0 Å². The number of rotatable bonds is 3. The monoisotopic (exact) mass is 217 g/mol. The molecule has 7 heteroatoms. The number of sulfonamides is 1. The predicted octanol–water partition coefficient (Wildman–Crippen LogP) is 0.0523. The second kappa shape index (κ2) is 3.74. The Morgan fingerprint density at radius 2 is 1.71 bits per heavy atom. The molecule has 0 bridgehead atoms. The molecule has 3 N–H and O–H groups in total. The van der Waals surface area contributed by atoms with Gasteiger partial charge in [-0.3, -0.25) is 0 Å². The van der Waals surface area contributed by atoms with Gasteiger partial charge in [-0.1, -0.05) is 4.89 Å². The lowest BCUT2D eigenvalue weighted by Gasteiger charge is -2.00. The minimum atomic E-state index is -3.93. The van der Waals surface area contributed by atoms with Crippen molar-refractivity contribution in [2.45, 2.75) is 4.90 Å². The van der Waals surface area contributed by atoms with Crippen LogP contribution in [-0.4, -0.2) is 24.7 Å². The molecular formula is C7H7NO5S. The Kier molecular flexibility index (Phi) is 2.84. The van der Waals surface area contributed by atoms with E-state index in [1.54, 1.807) is 0 Å². The lowest BCUT2D eigenvalue weighted by molar-refractivity contribution is 0.0697. The molecule has 0 spiro atoms. The van der Waals surface area contributed by atoms with Gasteiger partial charge in [0.05, 0.1) is 10.5 Å². The van der Waals surface area contributed by atoms with Crippen molar-refractivity contribution in [3.63, 3.8) is 0 Å². The molecule has 0 saturated carbocycles. The minimum Gasteiger partial charge on any atom is -0.478 e. The number of aromatic carboxylic acids is 1. The Morgan fingerprint density at radius 3 is 2.07 bits per heavy atom. The van der Waals surface area contributed by atoms with Gasteiger partial charge in [0.2, 0.25) is 0 Å². The maximum Gasteiger partial charge on any atom is 0.335 e. The fourth-order valence-corrected chi connectivity index (χ4v) is 1.43. The molecule has 0 aromatic heterocycles. The van der Waals surface area contributed by atoms with Gasteiger partial charge in [-0.15, -0.1) is 0 Å². The number of carboxylic acids is 1. The molecular weight excluding hydrogens is 210 g/mol. The highest BCUT2D eigenvalue weighted by molar-refractivity contribution is 7.89. The van der Waals surface area contributed by atoms with Crippen LogP contribution in [0.15, 0.2) is 29.2 Å². The van der Waals surface area contributed by atoms with E-state index in [1.807, 2.05) is 0 Å². The first kappa shape index (κ1) is 10.6. The zero-order valence-corrected chi connectivity index (χ0v) is 7.65. The van der Waals surface area contributed by atoms with E-state index in [9.17, 15) is 13.2 Å². The molecule has 1 aromatic rings. The average molecular weight is 217 g/mol. The lowest BCUT2D eigenvalue weighted by Crippen LogP contribution is -2.19. The van der Waals surface area contributed by atoms with E-state index in [2.05, 4.69) is 0 Å². The van der Waals surface area contributed by atoms with Crippen LogP contribution in [0.1, 0.15) is 10.4 Å². The molecule has 0 aliphatic carbocycles. The fourth-order valence-electron chi connectivity index (χ4n) is 0.829. The SMILES string of the molecule is O=C(O)c1ccc(S(=O)(=O)NO)cc1. The summed E-state index contributed by atoms with van der Waals surface area (Å²) in [6.07, 6.45) is 0. The van der Waals surface area contributed by atoms with E-state index in [-0.39, 0.29) is 10.5 Å². The van der Waals surface area contributed by atoms with Gasteiger partial charge in [0.25, 0.3) is 10.0 Å². The number of nitrogens with one attached hydrogen (secondary N) is 1. The molecule has 0 atom stereocenters. The summed E-state index contributed by atoms with van der Waals surface area (Å²) in [7, 11) is -3.93. The number of carboxylic acid groups (broad SMARTS) is 1. The highest BCUT2D eigenvalue weighted by atomic mass is 32.2. The smallest absolute Gasteiger partial charge is 0.335 e. The van der Waals surface area contributed by atoms with Crippen LogP contribution >= 0.6 is 0 Å². The topological polar surface area (TPSA) is 104 Å².